The molecule has 1 saturated heterocycles. The van der Waals surface area contributed by atoms with Crippen LogP contribution in [0.3, 0.4) is 0 Å². The molecule has 128 valence electrons. The second-order valence-corrected chi connectivity index (χ2v) is 6.33. The molecule has 9 nitrogen and oxygen atoms in total. The van der Waals surface area contributed by atoms with Gasteiger partial charge >= 0.3 is 0 Å². The zero-order valence-corrected chi connectivity index (χ0v) is 13.9. The predicted octanol–water partition coefficient (Wildman–Crippen LogP) is 1.61. The van der Waals surface area contributed by atoms with Gasteiger partial charge in [-0.2, -0.15) is 0 Å². The van der Waals surface area contributed by atoms with Crippen molar-refractivity contribution in [2.24, 2.45) is 0 Å². The van der Waals surface area contributed by atoms with E-state index in [2.05, 4.69) is 15.4 Å². The number of aromatic nitrogens is 2. The third-order valence-electron chi connectivity index (χ3n) is 3.49. The van der Waals surface area contributed by atoms with Crippen LogP contribution in [0, 0.1) is 17.0 Å². The monoisotopic (exact) mass is 359 g/mol. The van der Waals surface area contributed by atoms with E-state index < -0.39 is 16.2 Å². The van der Waals surface area contributed by atoms with Crippen LogP contribution in [0.4, 0.5) is 5.69 Å². The number of aryl methyl sites for hydroxylation is 1. The standard InChI is InChI=1S/C15H13N5O4S/c1-9-6-17-12(7-16-9)14(22)18-19-13(21)8-25-15(19)10-2-4-11(5-3-10)20(23)24/h2-7,15H,8H2,1H3,(H,18,22). The number of carbonyl (C=O) groups is 2. The lowest BCUT2D eigenvalue weighted by Gasteiger charge is -2.24. The molecular weight excluding hydrogens is 346 g/mol. The van der Waals surface area contributed by atoms with E-state index in [1.807, 2.05) is 0 Å². The van der Waals surface area contributed by atoms with Crippen molar-refractivity contribution in [2.45, 2.75) is 12.3 Å². The summed E-state index contributed by atoms with van der Waals surface area (Å²) in [5, 5.41) is 11.5. The smallest absolute Gasteiger partial charge is 0.272 e. The van der Waals surface area contributed by atoms with Crippen LogP contribution in [-0.2, 0) is 4.79 Å². The summed E-state index contributed by atoms with van der Waals surface area (Å²) in [5.74, 6) is -0.612. The molecule has 0 saturated carbocycles. The van der Waals surface area contributed by atoms with Gasteiger partial charge in [-0.3, -0.25) is 30.1 Å². The topological polar surface area (TPSA) is 118 Å². The molecule has 25 heavy (non-hydrogen) atoms. The Bertz CT molecular complexity index is 825. The van der Waals surface area contributed by atoms with E-state index in [-0.39, 0.29) is 23.0 Å². The van der Waals surface area contributed by atoms with Crippen molar-refractivity contribution in [1.29, 1.82) is 0 Å². The lowest BCUT2D eigenvalue weighted by Crippen LogP contribution is -2.44. The molecule has 0 radical (unpaired) electrons. The summed E-state index contributed by atoms with van der Waals surface area (Å²) in [6.07, 6.45) is 2.79. The van der Waals surface area contributed by atoms with Crippen LogP contribution in [0.15, 0.2) is 36.7 Å². The van der Waals surface area contributed by atoms with Crippen LogP contribution in [0.2, 0.25) is 0 Å². The Morgan fingerprint density at radius 3 is 2.64 bits per heavy atom. The maximum Gasteiger partial charge on any atom is 0.290 e. The molecule has 1 unspecified atom stereocenters. The average molecular weight is 359 g/mol. The average Bonchev–Trinajstić information content (AvgIpc) is 2.96. The zero-order valence-electron chi connectivity index (χ0n) is 13.1. The number of nitrogens with zero attached hydrogens (tertiary/aromatic N) is 4. The Morgan fingerprint density at radius 1 is 1.32 bits per heavy atom. The number of non-ortho nitro benzene ring substituents is 1. The fourth-order valence-electron chi connectivity index (χ4n) is 2.23. The highest BCUT2D eigenvalue weighted by Gasteiger charge is 2.34. The first-order valence-electron chi connectivity index (χ1n) is 7.23. The minimum absolute atomic E-state index is 0.0383. The van der Waals surface area contributed by atoms with Gasteiger partial charge in [0.1, 0.15) is 11.1 Å². The maximum absolute atomic E-state index is 12.3. The van der Waals surface area contributed by atoms with Gasteiger partial charge in [0.2, 0.25) is 0 Å². The van der Waals surface area contributed by atoms with Crippen LogP contribution in [0.25, 0.3) is 0 Å². The molecule has 2 aromatic rings. The number of thioether (sulfide) groups is 1. The fraction of sp³-hybridized carbons (Fsp3) is 0.200. The number of rotatable bonds is 4. The maximum atomic E-state index is 12.3. The predicted molar refractivity (Wildman–Crippen MR) is 89.4 cm³/mol. The highest BCUT2D eigenvalue weighted by atomic mass is 32.2. The second kappa shape index (κ2) is 6.85. The van der Waals surface area contributed by atoms with Gasteiger partial charge in [0.25, 0.3) is 17.5 Å². The number of nitrogens with one attached hydrogen (secondary N) is 1. The number of hydrogen-bond acceptors (Lipinski definition) is 7. The summed E-state index contributed by atoms with van der Waals surface area (Å²) >= 11 is 1.32. The first kappa shape index (κ1) is 16.8. The first-order chi connectivity index (χ1) is 12.0. The third kappa shape index (κ3) is 3.58. The van der Waals surface area contributed by atoms with Gasteiger partial charge in [0, 0.05) is 18.3 Å². The normalized spacial score (nSPS) is 16.8. The summed E-state index contributed by atoms with van der Waals surface area (Å²) in [6, 6.07) is 5.87. The molecule has 0 bridgehead atoms. The molecule has 0 aliphatic carbocycles. The van der Waals surface area contributed by atoms with E-state index in [4.69, 9.17) is 0 Å². The Balaban J connectivity index is 1.78. The number of hydrazine groups is 1. The SMILES string of the molecule is Cc1cnc(C(=O)NN2C(=O)CSC2c2ccc([N+](=O)[O-])cc2)cn1. The number of nitro benzene ring substituents is 1. The highest BCUT2D eigenvalue weighted by Crippen LogP contribution is 2.37. The number of hydrogen-bond donors (Lipinski definition) is 1. The van der Waals surface area contributed by atoms with Crippen molar-refractivity contribution in [2.75, 3.05) is 5.75 Å². The van der Waals surface area contributed by atoms with E-state index >= 15 is 0 Å². The molecule has 1 N–H and O–H groups in total. The van der Waals surface area contributed by atoms with Crippen LogP contribution < -0.4 is 5.43 Å². The largest absolute Gasteiger partial charge is 0.290 e. The summed E-state index contributed by atoms with van der Waals surface area (Å²) in [6.45, 7) is 1.75. The van der Waals surface area contributed by atoms with E-state index in [1.54, 1.807) is 19.1 Å². The van der Waals surface area contributed by atoms with Crippen molar-refractivity contribution in [1.82, 2.24) is 20.4 Å². The molecule has 1 aliphatic heterocycles. The van der Waals surface area contributed by atoms with Crippen LogP contribution in [-0.4, -0.2) is 37.5 Å². The number of carbonyl (C=O) groups excluding carboxylic acids is 2. The summed E-state index contributed by atoms with van der Waals surface area (Å²) in [4.78, 5) is 42.6. The fourth-order valence-corrected chi connectivity index (χ4v) is 3.34. The summed E-state index contributed by atoms with van der Waals surface area (Å²) in [5.41, 5.74) is 3.95. The van der Waals surface area contributed by atoms with Crippen molar-refractivity contribution in [3.8, 4) is 0 Å². The van der Waals surface area contributed by atoms with Gasteiger partial charge in [-0.1, -0.05) is 0 Å². The van der Waals surface area contributed by atoms with E-state index in [9.17, 15) is 19.7 Å². The van der Waals surface area contributed by atoms with Crippen molar-refractivity contribution >= 4 is 29.3 Å². The zero-order chi connectivity index (χ0) is 18.0. The molecule has 3 rings (SSSR count). The van der Waals surface area contributed by atoms with Crippen LogP contribution in [0.5, 0.6) is 0 Å². The van der Waals surface area contributed by atoms with Gasteiger partial charge < -0.3 is 0 Å². The molecule has 0 spiro atoms. The van der Waals surface area contributed by atoms with Crippen molar-refractivity contribution < 1.29 is 14.5 Å². The summed E-state index contributed by atoms with van der Waals surface area (Å²) in [7, 11) is 0. The molecule has 10 heteroatoms. The first-order valence-corrected chi connectivity index (χ1v) is 8.28. The van der Waals surface area contributed by atoms with Crippen molar-refractivity contribution in [3.63, 3.8) is 0 Å². The van der Waals surface area contributed by atoms with Gasteiger partial charge in [0.05, 0.1) is 22.6 Å². The molecule has 1 aromatic heterocycles. The van der Waals surface area contributed by atoms with E-state index in [0.717, 1.165) is 0 Å². The number of benzene rings is 1. The molecule has 1 aliphatic rings. The highest BCUT2D eigenvalue weighted by molar-refractivity contribution is 8.00. The Labute approximate surface area is 146 Å². The van der Waals surface area contributed by atoms with Gasteiger partial charge in [-0.25, -0.2) is 9.99 Å². The number of nitro groups is 1. The Kier molecular flexibility index (Phi) is 4.61. The van der Waals surface area contributed by atoms with Crippen LogP contribution >= 0.6 is 11.8 Å². The molecule has 1 atom stereocenters. The van der Waals surface area contributed by atoms with Gasteiger partial charge in [-0.15, -0.1) is 11.8 Å². The second-order valence-electron chi connectivity index (χ2n) is 5.26. The number of amides is 2. The molecule has 2 amide bonds. The van der Waals surface area contributed by atoms with Crippen LogP contribution in [0.1, 0.15) is 27.1 Å². The lowest BCUT2D eigenvalue weighted by molar-refractivity contribution is -0.384. The summed E-state index contributed by atoms with van der Waals surface area (Å²) < 4.78 is 0. The minimum atomic E-state index is -0.546. The molecule has 1 fully saturated rings. The third-order valence-corrected chi connectivity index (χ3v) is 4.70. The minimum Gasteiger partial charge on any atom is -0.272 e. The van der Waals surface area contributed by atoms with E-state index in [1.165, 1.54) is 41.3 Å². The molecule has 1 aromatic carbocycles. The lowest BCUT2D eigenvalue weighted by atomic mass is 10.2. The Hall–Kier alpha value is -3.01. The quantitative estimate of drug-likeness (QED) is 0.651. The van der Waals surface area contributed by atoms with Crippen molar-refractivity contribution in [3.05, 3.63) is 63.7 Å². The van der Waals surface area contributed by atoms with E-state index in [0.29, 0.717) is 11.3 Å². The van der Waals surface area contributed by atoms with Gasteiger partial charge in [-0.05, 0) is 24.6 Å². The molecule has 2 heterocycles. The Morgan fingerprint density at radius 2 is 2.04 bits per heavy atom. The molecular formula is C15H13N5O4S. The van der Waals surface area contributed by atoms with Gasteiger partial charge in [0.15, 0.2) is 0 Å².